The van der Waals surface area contributed by atoms with Crippen molar-refractivity contribution < 1.29 is 61.3 Å². The molecule has 16 rings (SSSR count). The van der Waals surface area contributed by atoms with Crippen molar-refractivity contribution >= 4 is 0 Å². The van der Waals surface area contributed by atoms with Gasteiger partial charge < -0.3 is 61.3 Å². The first-order valence-corrected chi connectivity index (χ1v) is 32.4. The Morgan fingerprint density at radius 2 is 0.340 bits per heavy atom. The van der Waals surface area contributed by atoms with E-state index in [0.717, 1.165) is 134 Å². The summed E-state index contributed by atoms with van der Waals surface area (Å²) in [5.74, 6) is 0.144. The highest BCUT2D eigenvalue weighted by Gasteiger charge is 2.48. The Balaban J connectivity index is 0.876. The van der Waals surface area contributed by atoms with Crippen molar-refractivity contribution in [3.63, 3.8) is 0 Å². The molecule has 12 nitrogen and oxygen atoms in total. The SMILES string of the molecule is OCC1(CO)c2cc(O)ccc2-c2ccc(-c3ccc(C(c4ccc(-c5ccc6c(c5)C(CO)(CO)c5cc(O)ccc5-6)cc4)(c4ccc(-c5ccc6c(c5)C(CO)(CO)c5cc(O)ccc5-6)cc4)c4ccc(-c5ccc6c(c5)C(CO)(CO)c5cc(O)ccc5-6)cc4)cc3)cc21. The lowest BCUT2D eigenvalue weighted by atomic mass is 9.64. The smallest absolute Gasteiger partial charge is 0.115 e. The third-order valence-corrected chi connectivity index (χ3v) is 22.1. The highest BCUT2D eigenvalue weighted by Crippen LogP contribution is 2.56. The van der Waals surface area contributed by atoms with Gasteiger partial charge in [-0.1, -0.05) is 170 Å². The summed E-state index contributed by atoms with van der Waals surface area (Å²) < 4.78 is 0. The third kappa shape index (κ3) is 8.72. The molecule has 0 amide bonds. The van der Waals surface area contributed by atoms with E-state index in [2.05, 4.69) is 97.1 Å². The maximum Gasteiger partial charge on any atom is 0.115 e. The average Bonchev–Trinajstić information content (AvgIpc) is 1.44. The molecule has 0 saturated heterocycles. The summed E-state index contributed by atoms with van der Waals surface area (Å²) in [6.07, 6.45) is 0. The van der Waals surface area contributed by atoms with E-state index in [1.807, 2.05) is 97.1 Å². The van der Waals surface area contributed by atoms with E-state index >= 15 is 0 Å². The van der Waals surface area contributed by atoms with Crippen molar-refractivity contribution in [1.29, 1.82) is 0 Å². The second kappa shape index (κ2) is 22.8. The molecule has 0 radical (unpaired) electrons. The van der Waals surface area contributed by atoms with Crippen LogP contribution in [0, 0.1) is 0 Å². The molecule has 12 N–H and O–H groups in total. The number of aliphatic hydroxyl groups excluding tert-OH is 8. The van der Waals surface area contributed by atoms with Gasteiger partial charge in [0.05, 0.1) is 79.9 Å². The van der Waals surface area contributed by atoms with Gasteiger partial charge in [-0.15, -0.1) is 0 Å². The zero-order valence-electron chi connectivity index (χ0n) is 52.6. The van der Waals surface area contributed by atoms with E-state index in [1.165, 1.54) is 0 Å². The number of phenolic OH excluding ortho intramolecular Hbond substituents is 4. The van der Waals surface area contributed by atoms with Crippen LogP contribution in [0.3, 0.4) is 0 Å². The summed E-state index contributed by atoms with van der Waals surface area (Å²) in [5.41, 5.74) is 17.0. The Labute approximate surface area is 559 Å². The molecule has 97 heavy (non-hydrogen) atoms. The van der Waals surface area contributed by atoms with Crippen LogP contribution in [-0.2, 0) is 27.1 Å². The zero-order chi connectivity index (χ0) is 66.9. The van der Waals surface area contributed by atoms with Crippen molar-refractivity contribution in [2.45, 2.75) is 27.1 Å². The van der Waals surface area contributed by atoms with E-state index in [0.29, 0.717) is 22.3 Å². The quantitative estimate of drug-likeness (QED) is 0.0404. The number of hydrogen-bond donors (Lipinski definition) is 12. The molecule has 0 spiro atoms. The van der Waals surface area contributed by atoms with E-state index < -0.39 is 27.1 Å². The molecule has 0 aliphatic heterocycles. The van der Waals surface area contributed by atoms with Gasteiger partial charge in [0.2, 0.25) is 0 Å². The predicted molar refractivity (Wildman–Crippen MR) is 375 cm³/mol. The molecule has 0 atom stereocenters. The summed E-state index contributed by atoms with van der Waals surface area (Å²) >= 11 is 0. The Bertz CT molecular complexity index is 4490. The van der Waals surface area contributed by atoms with Gasteiger partial charge in [0.1, 0.15) is 23.0 Å². The second-order valence-electron chi connectivity index (χ2n) is 26.6. The Morgan fingerprint density at radius 3 is 0.515 bits per heavy atom. The van der Waals surface area contributed by atoms with E-state index in [1.54, 1.807) is 48.5 Å². The van der Waals surface area contributed by atoms with Crippen LogP contribution >= 0.6 is 0 Å². The number of aliphatic hydroxyl groups is 8. The van der Waals surface area contributed by atoms with E-state index in [9.17, 15) is 61.3 Å². The summed E-state index contributed by atoms with van der Waals surface area (Å²) in [7, 11) is 0. The van der Waals surface area contributed by atoms with Gasteiger partial charge in [-0.05, 0) is 229 Å². The number of rotatable bonds is 16. The molecular formula is C85H68O12. The van der Waals surface area contributed by atoms with E-state index in [4.69, 9.17) is 0 Å². The molecule has 0 aromatic heterocycles. The number of benzene rings is 12. The van der Waals surface area contributed by atoms with Gasteiger partial charge in [-0.25, -0.2) is 0 Å². The molecule has 0 fully saturated rings. The van der Waals surface area contributed by atoms with Crippen LogP contribution in [0.4, 0.5) is 0 Å². The molecule has 4 aliphatic rings. The fourth-order valence-corrected chi connectivity index (χ4v) is 16.9. The van der Waals surface area contributed by atoms with Crippen molar-refractivity contribution in [3.8, 4) is 112 Å². The minimum Gasteiger partial charge on any atom is -0.508 e. The fraction of sp³-hybridized carbons (Fsp3) is 0.153. The summed E-state index contributed by atoms with van der Waals surface area (Å²) in [5, 5.41) is 131. The first-order valence-electron chi connectivity index (χ1n) is 32.4. The van der Waals surface area contributed by atoms with Crippen LogP contribution in [0.5, 0.6) is 23.0 Å². The third-order valence-electron chi connectivity index (χ3n) is 22.1. The monoisotopic (exact) mass is 1280 g/mol. The minimum absolute atomic E-state index is 0.0360. The summed E-state index contributed by atoms with van der Waals surface area (Å²) in [6.45, 7) is -3.09. The number of hydrogen-bond acceptors (Lipinski definition) is 12. The minimum atomic E-state index is -1.17. The zero-order valence-corrected chi connectivity index (χ0v) is 52.6. The molecule has 0 bridgehead atoms. The van der Waals surface area contributed by atoms with Crippen LogP contribution in [0.1, 0.15) is 66.8 Å². The van der Waals surface area contributed by atoms with Crippen LogP contribution in [0.25, 0.3) is 89.0 Å². The molecular weight excluding hydrogens is 1210 g/mol. The van der Waals surface area contributed by atoms with Crippen molar-refractivity contribution in [1.82, 2.24) is 0 Å². The Kier molecular flexibility index (Phi) is 14.5. The van der Waals surface area contributed by atoms with Crippen molar-refractivity contribution in [2.24, 2.45) is 0 Å². The molecule has 12 aromatic carbocycles. The normalized spacial score (nSPS) is 15.0. The molecule has 0 heterocycles. The van der Waals surface area contributed by atoms with Gasteiger partial charge in [0, 0.05) is 0 Å². The lowest BCUT2D eigenvalue weighted by Crippen LogP contribution is -2.34. The van der Waals surface area contributed by atoms with Gasteiger partial charge in [-0.2, -0.15) is 0 Å². The van der Waals surface area contributed by atoms with Crippen LogP contribution in [0.15, 0.2) is 243 Å². The topological polar surface area (TPSA) is 243 Å². The first-order chi connectivity index (χ1) is 47.2. The highest BCUT2D eigenvalue weighted by atomic mass is 16.3. The van der Waals surface area contributed by atoms with E-state index in [-0.39, 0.29) is 75.9 Å². The number of aromatic hydroxyl groups is 4. The molecule has 12 heteroatoms. The number of phenols is 4. The van der Waals surface area contributed by atoms with Gasteiger partial charge >= 0.3 is 0 Å². The Hall–Kier alpha value is -10.5. The van der Waals surface area contributed by atoms with Gasteiger partial charge in [0.25, 0.3) is 0 Å². The first kappa shape index (κ1) is 61.4. The molecule has 12 aromatic rings. The van der Waals surface area contributed by atoms with Crippen LogP contribution < -0.4 is 0 Å². The molecule has 0 saturated carbocycles. The predicted octanol–water partition coefficient (Wildman–Crippen LogP) is 12.6. The van der Waals surface area contributed by atoms with Gasteiger partial charge in [0.15, 0.2) is 0 Å². The van der Waals surface area contributed by atoms with Crippen LogP contribution in [-0.4, -0.2) is 114 Å². The summed E-state index contributed by atoms with van der Waals surface area (Å²) in [4.78, 5) is 0. The largest absolute Gasteiger partial charge is 0.508 e. The second-order valence-corrected chi connectivity index (χ2v) is 26.6. The average molecular weight is 1280 g/mol. The molecule has 4 aliphatic carbocycles. The Morgan fingerprint density at radius 1 is 0.186 bits per heavy atom. The van der Waals surface area contributed by atoms with Crippen molar-refractivity contribution in [3.05, 3.63) is 309 Å². The molecule has 0 unspecified atom stereocenters. The lowest BCUT2D eigenvalue weighted by Gasteiger charge is -2.37. The maximum absolute atomic E-state index is 11.1. The maximum atomic E-state index is 11.1. The van der Waals surface area contributed by atoms with Crippen molar-refractivity contribution in [2.75, 3.05) is 52.9 Å². The standard InChI is InChI=1S/C85H68O12/c86-41-81(42-87)73-33-53(9-25-65(73)69-29-21-61(94)37-77(69)81)49-1-13-57(14-2-49)85(58-15-3-50(4-16-58)54-10-26-66-70-30-22-62(95)38-78(70)82(43-88,44-89)74(66)34-54,59-17-5-51(6-18-59)55-11-27-67-71-31-23-63(96)39-79(71)83(45-90,46-91)75(67)35-55)60-19-7-52(8-20-60)56-12-28-68-72-32-24-64(97)40-80(72)84(47-92,48-93)76(68)36-56/h1-40,86-97H,41-48H2. The fourth-order valence-electron chi connectivity index (χ4n) is 16.9. The number of fused-ring (bicyclic) bond motifs is 12. The highest BCUT2D eigenvalue weighted by molar-refractivity contribution is 5.89. The van der Waals surface area contributed by atoms with Crippen LogP contribution in [0.2, 0.25) is 0 Å². The molecule has 480 valence electrons. The summed E-state index contributed by atoms with van der Waals surface area (Å²) in [6, 6.07) is 78.2. The van der Waals surface area contributed by atoms with Gasteiger partial charge in [-0.3, -0.25) is 0 Å². The lowest BCUT2D eigenvalue weighted by molar-refractivity contribution is 0.145.